The van der Waals surface area contributed by atoms with Crippen molar-refractivity contribution in [3.63, 3.8) is 0 Å². The van der Waals surface area contributed by atoms with E-state index in [2.05, 4.69) is 27.7 Å². The number of unbranched alkanes of at least 4 members (excludes halogenated alkanes) is 2. The molecule has 0 aliphatic rings. The molecule has 0 radical (unpaired) electrons. The van der Waals surface area contributed by atoms with Crippen molar-refractivity contribution in [2.24, 2.45) is 9.87 Å². The summed E-state index contributed by atoms with van der Waals surface area (Å²) >= 11 is -2.16. The Hall–Kier alpha value is 0.759. The predicted molar refractivity (Wildman–Crippen MR) is 87.5 cm³/mol. The fourth-order valence-electron chi connectivity index (χ4n) is 2.87. The normalized spacial score (nSPS) is 12.3. The zero-order valence-corrected chi connectivity index (χ0v) is 16.3. The van der Waals surface area contributed by atoms with E-state index in [9.17, 15) is 0 Å². The third kappa shape index (κ3) is 8.79. The van der Waals surface area contributed by atoms with E-state index < -0.39 is 18.7 Å². The number of nitrogens with two attached hydrogens (primary N) is 1. The van der Waals surface area contributed by atoms with Crippen LogP contribution in [0.15, 0.2) is 0 Å². The monoisotopic (exact) mass is 363 g/mol. The molecule has 0 unspecified atom stereocenters. The van der Waals surface area contributed by atoms with Gasteiger partial charge in [-0.25, -0.2) is 0 Å². The summed E-state index contributed by atoms with van der Waals surface area (Å²) in [5, 5.41) is 0. The van der Waals surface area contributed by atoms with Crippen LogP contribution in [0.5, 0.6) is 0 Å². The van der Waals surface area contributed by atoms with E-state index in [0.717, 1.165) is 5.92 Å². The Labute approximate surface area is 121 Å². The van der Waals surface area contributed by atoms with Gasteiger partial charge in [-0.3, -0.25) is 0 Å². The van der Waals surface area contributed by atoms with Crippen molar-refractivity contribution in [3.8, 4) is 0 Å². The molecule has 0 saturated carbocycles. The Balaban J connectivity index is 4.05. The SMILES string of the molecule is CCC[CH2][Sn]([NH2])([CH2]CCC)[CH2]CCC(CC)CC. The summed E-state index contributed by atoms with van der Waals surface area (Å²) < 4.78 is 11.2. The Morgan fingerprint density at radius 3 is 1.61 bits per heavy atom. The van der Waals surface area contributed by atoms with E-state index in [-0.39, 0.29) is 0 Å². The average Bonchev–Trinajstić information content (AvgIpc) is 2.39. The van der Waals surface area contributed by atoms with E-state index >= 15 is 0 Å². The average molecular weight is 362 g/mol. The molecule has 0 aromatic carbocycles. The Morgan fingerprint density at radius 2 is 1.22 bits per heavy atom. The van der Waals surface area contributed by atoms with Crippen LogP contribution in [0.3, 0.4) is 0 Å². The molecule has 2 heteroatoms. The van der Waals surface area contributed by atoms with E-state index in [1.54, 1.807) is 0 Å². The molecular formula is C16H37NSn. The fourth-order valence-corrected chi connectivity index (χ4v) is 13.6. The first-order valence-corrected chi connectivity index (χ1v) is 16.1. The summed E-state index contributed by atoms with van der Waals surface area (Å²) in [7, 11) is 0. The first-order valence-electron chi connectivity index (χ1n) is 8.40. The van der Waals surface area contributed by atoms with Crippen molar-refractivity contribution in [2.45, 2.75) is 92.4 Å². The fraction of sp³-hybridized carbons (Fsp3) is 1.00. The first-order chi connectivity index (χ1) is 8.61. The van der Waals surface area contributed by atoms with Crippen molar-refractivity contribution < 1.29 is 0 Å². The van der Waals surface area contributed by atoms with Gasteiger partial charge in [0.15, 0.2) is 0 Å². The van der Waals surface area contributed by atoms with Crippen molar-refractivity contribution in [3.05, 3.63) is 0 Å². The van der Waals surface area contributed by atoms with Crippen LogP contribution in [0.1, 0.15) is 79.1 Å². The molecule has 0 saturated heterocycles. The van der Waals surface area contributed by atoms with E-state index in [0.29, 0.717) is 0 Å². The van der Waals surface area contributed by atoms with Gasteiger partial charge < -0.3 is 0 Å². The summed E-state index contributed by atoms with van der Waals surface area (Å²) in [6, 6.07) is 0. The minimum atomic E-state index is -2.16. The molecule has 110 valence electrons. The number of hydrogen-bond donors (Lipinski definition) is 1. The van der Waals surface area contributed by atoms with Crippen LogP contribution in [-0.4, -0.2) is 18.7 Å². The molecule has 0 aromatic rings. The molecule has 0 amide bonds. The van der Waals surface area contributed by atoms with Gasteiger partial charge >= 0.3 is 121 Å². The van der Waals surface area contributed by atoms with E-state index in [1.165, 1.54) is 64.7 Å². The van der Waals surface area contributed by atoms with Crippen molar-refractivity contribution in [1.29, 1.82) is 0 Å². The van der Waals surface area contributed by atoms with Gasteiger partial charge in [0, 0.05) is 0 Å². The third-order valence-electron chi connectivity index (χ3n) is 4.50. The molecule has 0 aliphatic heterocycles. The Bertz CT molecular complexity index is 170. The maximum absolute atomic E-state index is 6.85. The number of rotatable bonds is 12. The standard InChI is InChI=1S/C8H17.2C4H9.H2N.Sn/c1-4-7-8(5-2)6-3;2*1-3-4-2;;/h8H,1,4-7H2,2-3H3;2*1,3-4H2,2H3;1H2;/q;;;-1;+1. The summed E-state index contributed by atoms with van der Waals surface area (Å²) in [6.07, 6.45) is 11.0. The summed E-state index contributed by atoms with van der Waals surface area (Å²) in [5.74, 6) is 0.956. The second kappa shape index (κ2) is 11.6. The molecule has 0 fully saturated rings. The predicted octanol–water partition coefficient (Wildman–Crippen LogP) is 5.71. The molecule has 2 N–H and O–H groups in total. The molecular weight excluding hydrogens is 325 g/mol. The maximum atomic E-state index is 6.85. The van der Waals surface area contributed by atoms with Crippen LogP contribution in [0.2, 0.25) is 13.3 Å². The van der Waals surface area contributed by atoms with Crippen LogP contribution in [-0.2, 0) is 0 Å². The van der Waals surface area contributed by atoms with Gasteiger partial charge in [0.2, 0.25) is 0 Å². The van der Waals surface area contributed by atoms with Gasteiger partial charge in [0.1, 0.15) is 0 Å². The molecule has 0 rings (SSSR count). The molecule has 18 heavy (non-hydrogen) atoms. The van der Waals surface area contributed by atoms with Gasteiger partial charge in [-0.15, -0.1) is 0 Å². The van der Waals surface area contributed by atoms with E-state index in [4.69, 9.17) is 3.96 Å². The van der Waals surface area contributed by atoms with Crippen molar-refractivity contribution >= 4 is 18.7 Å². The zero-order valence-electron chi connectivity index (χ0n) is 13.4. The Morgan fingerprint density at radius 1 is 0.778 bits per heavy atom. The molecule has 0 bridgehead atoms. The van der Waals surface area contributed by atoms with Crippen LogP contribution in [0.25, 0.3) is 0 Å². The first kappa shape index (κ1) is 18.8. The van der Waals surface area contributed by atoms with Crippen LogP contribution in [0, 0.1) is 5.92 Å². The number of hydrogen-bond acceptors (Lipinski definition) is 1. The van der Waals surface area contributed by atoms with Crippen LogP contribution >= 0.6 is 0 Å². The Kier molecular flexibility index (Phi) is 12.1. The summed E-state index contributed by atoms with van der Waals surface area (Å²) in [4.78, 5) is 0. The summed E-state index contributed by atoms with van der Waals surface area (Å²) in [6.45, 7) is 9.27. The molecule has 0 aromatic heterocycles. The topological polar surface area (TPSA) is 26.0 Å². The van der Waals surface area contributed by atoms with Crippen molar-refractivity contribution in [2.75, 3.05) is 0 Å². The molecule has 0 aliphatic carbocycles. The second-order valence-corrected chi connectivity index (χ2v) is 18.2. The van der Waals surface area contributed by atoms with Gasteiger partial charge in [0.25, 0.3) is 0 Å². The molecule has 0 atom stereocenters. The molecule has 0 spiro atoms. The van der Waals surface area contributed by atoms with Gasteiger partial charge in [-0.1, -0.05) is 0 Å². The van der Waals surface area contributed by atoms with Crippen LogP contribution in [0.4, 0.5) is 0 Å². The van der Waals surface area contributed by atoms with E-state index in [1.807, 2.05) is 0 Å². The molecule has 0 heterocycles. The second-order valence-electron chi connectivity index (χ2n) is 6.14. The van der Waals surface area contributed by atoms with Gasteiger partial charge in [0.05, 0.1) is 0 Å². The van der Waals surface area contributed by atoms with Gasteiger partial charge in [-0.2, -0.15) is 0 Å². The summed E-state index contributed by atoms with van der Waals surface area (Å²) in [5.41, 5.74) is 0. The minimum absolute atomic E-state index is 0.956. The van der Waals surface area contributed by atoms with Crippen LogP contribution < -0.4 is 3.96 Å². The quantitative estimate of drug-likeness (QED) is 0.443. The van der Waals surface area contributed by atoms with Crippen molar-refractivity contribution in [1.82, 2.24) is 0 Å². The molecule has 1 nitrogen and oxygen atoms in total. The third-order valence-corrected chi connectivity index (χ3v) is 16.1. The zero-order chi connectivity index (χ0) is 13.9. The van der Waals surface area contributed by atoms with Gasteiger partial charge in [-0.05, 0) is 0 Å².